The molecule has 0 bridgehead atoms. The molecule has 4 heteroatoms. The van der Waals surface area contributed by atoms with E-state index in [1.165, 1.54) is 89.9 Å². The van der Waals surface area contributed by atoms with Gasteiger partial charge in [0.2, 0.25) is 5.78 Å². The topological polar surface area (TPSA) is 60.4 Å². The first-order valence-electron chi connectivity index (χ1n) is 18.1. The molecule has 0 aliphatic heterocycles. The van der Waals surface area contributed by atoms with Gasteiger partial charge in [0.25, 0.3) is 0 Å². The zero-order chi connectivity index (χ0) is 30.9. The fourth-order valence-electron chi connectivity index (χ4n) is 5.34. The van der Waals surface area contributed by atoms with Crippen molar-refractivity contribution in [2.24, 2.45) is 5.92 Å². The number of esters is 1. The summed E-state index contributed by atoms with van der Waals surface area (Å²) in [5, 5.41) is 0. The predicted molar refractivity (Wildman–Crippen MR) is 180 cm³/mol. The number of ketones is 2. The highest BCUT2D eigenvalue weighted by molar-refractivity contribution is 6.41. The van der Waals surface area contributed by atoms with E-state index in [2.05, 4.69) is 38.2 Å². The molecular formula is C38H68O4. The number of Topliss-reactive ketones (excluding diaryl/α,β-unsaturated/α-hetero) is 2. The minimum atomic E-state index is -0.925. The van der Waals surface area contributed by atoms with E-state index in [-0.39, 0.29) is 13.0 Å². The van der Waals surface area contributed by atoms with Crippen molar-refractivity contribution in [1.29, 1.82) is 0 Å². The molecule has 0 aromatic carbocycles. The highest BCUT2D eigenvalue weighted by atomic mass is 16.5. The molecule has 0 saturated carbocycles. The van der Waals surface area contributed by atoms with E-state index in [1.807, 2.05) is 0 Å². The molecular weight excluding hydrogens is 520 g/mol. The molecule has 0 saturated heterocycles. The van der Waals surface area contributed by atoms with Crippen molar-refractivity contribution in [1.82, 2.24) is 0 Å². The Labute approximate surface area is 260 Å². The lowest BCUT2D eigenvalue weighted by molar-refractivity contribution is -0.154. The second kappa shape index (κ2) is 32.2. The van der Waals surface area contributed by atoms with Gasteiger partial charge in [0.15, 0.2) is 5.78 Å². The van der Waals surface area contributed by atoms with Crippen molar-refractivity contribution < 1.29 is 19.1 Å². The van der Waals surface area contributed by atoms with Gasteiger partial charge in [-0.05, 0) is 71.1 Å². The van der Waals surface area contributed by atoms with Gasteiger partial charge < -0.3 is 4.74 Å². The molecule has 4 nitrogen and oxygen atoms in total. The third-order valence-corrected chi connectivity index (χ3v) is 8.08. The van der Waals surface area contributed by atoms with Gasteiger partial charge in [-0.15, -0.1) is 0 Å². The van der Waals surface area contributed by atoms with Gasteiger partial charge in [0, 0.05) is 6.42 Å². The zero-order valence-electron chi connectivity index (χ0n) is 28.1. The minimum absolute atomic E-state index is 0.231. The second-order valence-electron chi connectivity index (χ2n) is 12.1. The Morgan fingerprint density at radius 2 is 0.881 bits per heavy atom. The van der Waals surface area contributed by atoms with Crippen LogP contribution < -0.4 is 0 Å². The van der Waals surface area contributed by atoms with Gasteiger partial charge in [-0.3, -0.25) is 14.4 Å². The smallest absolute Gasteiger partial charge is 0.316 e. The van der Waals surface area contributed by atoms with Crippen LogP contribution in [0.5, 0.6) is 0 Å². The minimum Gasteiger partial charge on any atom is -0.465 e. The van der Waals surface area contributed by atoms with Crippen molar-refractivity contribution >= 4 is 17.5 Å². The van der Waals surface area contributed by atoms with Crippen LogP contribution in [-0.4, -0.2) is 24.1 Å². The normalized spacial score (nSPS) is 12.4. The summed E-state index contributed by atoms with van der Waals surface area (Å²) in [5.41, 5.74) is 0. The van der Waals surface area contributed by atoms with E-state index < -0.39 is 23.5 Å². The van der Waals surface area contributed by atoms with Gasteiger partial charge in [-0.1, -0.05) is 134 Å². The van der Waals surface area contributed by atoms with Crippen molar-refractivity contribution in [3.63, 3.8) is 0 Å². The van der Waals surface area contributed by atoms with Crippen molar-refractivity contribution in [3.05, 3.63) is 24.3 Å². The fraction of sp³-hybridized carbons (Fsp3) is 0.816. The molecule has 0 fully saturated rings. The van der Waals surface area contributed by atoms with Crippen LogP contribution in [0, 0.1) is 5.92 Å². The van der Waals surface area contributed by atoms with E-state index in [0.29, 0.717) is 12.8 Å². The van der Waals surface area contributed by atoms with Crippen LogP contribution in [0.2, 0.25) is 0 Å². The monoisotopic (exact) mass is 589 g/mol. The number of carbonyl (C=O) groups is 3. The molecule has 0 aromatic rings. The first-order valence-corrected chi connectivity index (χ1v) is 18.1. The molecule has 244 valence electrons. The number of allylic oxidation sites excluding steroid dienone is 4. The first-order chi connectivity index (χ1) is 20.6. The third kappa shape index (κ3) is 26.0. The molecule has 0 aliphatic rings. The first kappa shape index (κ1) is 40.3. The summed E-state index contributed by atoms with van der Waals surface area (Å²) in [6, 6.07) is 0. The summed E-state index contributed by atoms with van der Waals surface area (Å²) in [4.78, 5) is 37.8. The van der Waals surface area contributed by atoms with Gasteiger partial charge >= 0.3 is 5.97 Å². The molecule has 0 rings (SSSR count). The average Bonchev–Trinajstić information content (AvgIpc) is 2.99. The largest absolute Gasteiger partial charge is 0.465 e. The summed E-state index contributed by atoms with van der Waals surface area (Å²) in [6.45, 7) is 6.48. The number of carbonyl (C=O) groups excluding carboxylic acids is 3. The quantitative estimate of drug-likeness (QED) is 0.0258. The highest BCUT2D eigenvalue weighted by Crippen LogP contribution is 2.18. The van der Waals surface area contributed by atoms with E-state index in [1.54, 1.807) is 6.92 Å². The van der Waals surface area contributed by atoms with Crippen LogP contribution >= 0.6 is 0 Å². The molecule has 0 heterocycles. The van der Waals surface area contributed by atoms with Crippen molar-refractivity contribution in [2.45, 2.75) is 188 Å². The maximum atomic E-state index is 12.8. The van der Waals surface area contributed by atoms with Crippen LogP contribution in [0.15, 0.2) is 24.3 Å². The number of unbranched alkanes of at least 4 members (excludes halogenated alkanes) is 20. The Hall–Kier alpha value is -1.71. The van der Waals surface area contributed by atoms with Crippen molar-refractivity contribution in [3.8, 4) is 0 Å². The van der Waals surface area contributed by atoms with Gasteiger partial charge in [0.1, 0.15) is 5.92 Å². The molecule has 0 radical (unpaired) electrons. The molecule has 42 heavy (non-hydrogen) atoms. The standard InChI is InChI=1S/C38H68O4/c1-4-7-9-11-13-15-17-19-21-23-25-27-29-31-33-35(38(41)42-6-3)37(40)36(39)34-32-30-28-26-24-22-20-18-16-14-12-10-8-5-2/h19-22,35H,4-18,23-34H2,1-3H3/b21-19-,22-20-. The lowest BCUT2D eigenvalue weighted by Gasteiger charge is -2.14. The van der Waals surface area contributed by atoms with E-state index in [4.69, 9.17) is 4.74 Å². The lowest BCUT2D eigenvalue weighted by Crippen LogP contribution is -2.31. The van der Waals surface area contributed by atoms with Crippen LogP contribution in [0.3, 0.4) is 0 Å². The van der Waals surface area contributed by atoms with Crippen molar-refractivity contribution in [2.75, 3.05) is 6.61 Å². The Balaban J connectivity index is 4.02. The number of hydrogen-bond donors (Lipinski definition) is 0. The zero-order valence-corrected chi connectivity index (χ0v) is 28.1. The molecule has 0 aliphatic carbocycles. The van der Waals surface area contributed by atoms with Crippen LogP contribution in [0.1, 0.15) is 188 Å². The summed E-state index contributed by atoms with van der Waals surface area (Å²) >= 11 is 0. The average molecular weight is 589 g/mol. The Morgan fingerprint density at radius 3 is 1.31 bits per heavy atom. The molecule has 1 atom stereocenters. The fourth-order valence-corrected chi connectivity index (χ4v) is 5.34. The molecule has 0 amide bonds. The van der Waals surface area contributed by atoms with E-state index >= 15 is 0 Å². The lowest BCUT2D eigenvalue weighted by atomic mass is 9.92. The van der Waals surface area contributed by atoms with Gasteiger partial charge in [0.05, 0.1) is 6.61 Å². The van der Waals surface area contributed by atoms with Crippen LogP contribution in [0.25, 0.3) is 0 Å². The summed E-state index contributed by atoms with van der Waals surface area (Å²) in [7, 11) is 0. The number of hydrogen-bond acceptors (Lipinski definition) is 4. The molecule has 0 aromatic heterocycles. The summed E-state index contributed by atoms with van der Waals surface area (Å²) in [6.07, 6.45) is 38.3. The van der Waals surface area contributed by atoms with Gasteiger partial charge in [-0.2, -0.15) is 0 Å². The maximum absolute atomic E-state index is 12.8. The second-order valence-corrected chi connectivity index (χ2v) is 12.1. The van der Waals surface area contributed by atoms with Gasteiger partial charge in [-0.25, -0.2) is 0 Å². The van der Waals surface area contributed by atoms with Crippen LogP contribution in [-0.2, 0) is 19.1 Å². The predicted octanol–water partition coefficient (Wildman–Crippen LogP) is 11.6. The number of rotatable bonds is 32. The highest BCUT2D eigenvalue weighted by Gasteiger charge is 2.31. The molecule has 0 spiro atoms. The molecule has 0 N–H and O–H groups in total. The third-order valence-electron chi connectivity index (χ3n) is 8.08. The SMILES string of the molecule is CCCCCCCC/C=C\CCCCCCC(=O)C(=O)C(CCCCCC/C=C\CCCCCCCC)C(=O)OCC. The van der Waals surface area contributed by atoms with E-state index in [0.717, 1.165) is 57.8 Å². The maximum Gasteiger partial charge on any atom is 0.316 e. The Bertz CT molecular complexity index is 693. The Kier molecular flexibility index (Phi) is 30.9. The van der Waals surface area contributed by atoms with E-state index in [9.17, 15) is 14.4 Å². The summed E-state index contributed by atoms with van der Waals surface area (Å²) in [5.74, 6) is -2.39. The van der Waals surface area contributed by atoms with Crippen LogP contribution in [0.4, 0.5) is 0 Å². The molecule has 1 unspecified atom stereocenters. The summed E-state index contributed by atoms with van der Waals surface area (Å²) < 4.78 is 5.14. The Morgan fingerprint density at radius 1 is 0.500 bits per heavy atom. The number of ether oxygens (including phenoxy) is 1.